The van der Waals surface area contributed by atoms with E-state index in [9.17, 15) is 24.0 Å². The van der Waals surface area contributed by atoms with Crippen LogP contribution >= 0.6 is 0 Å². The van der Waals surface area contributed by atoms with Crippen LogP contribution in [0.5, 0.6) is 0 Å². The number of ether oxygens (including phenoxy) is 1. The number of amides is 4. The fraction of sp³-hybridized carbons (Fsp3) is 0.821. The summed E-state index contributed by atoms with van der Waals surface area (Å²) in [5, 5.41) is 5.63. The minimum absolute atomic E-state index is 0.0348. The number of nitrogens with two attached hydrogens (primary N) is 1. The van der Waals surface area contributed by atoms with E-state index in [2.05, 4.69) is 24.5 Å². The first-order chi connectivity index (χ1) is 17.9. The van der Waals surface area contributed by atoms with E-state index in [0.29, 0.717) is 13.0 Å². The number of rotatable bonds is 10. The normalized spacial score (nSPS) is 28.0. The highest BCUT2D eigenvalue weighted by atomic mass is 16.6. The number of hydrogen-bond donors (Lipinski definition) is 3. The molecule has 10 heteroatoms. The Balaban J connectivity index is 1.55. The Labute approximate surface area is 225 Å². The van der Waals surface area contributed by atoms with Crippen LogP contribution in [0.3, 0.4) is 0 Å². The highest BCUT2D eigenvalue weighted by Crippen LogP contribution is 2.65. The van der Waals surface area contributed by atoms with Gasteiger partial charge in [0, 0.05) is 6.54 Å². The molecule has 4 fully saturated rings. The highest BCUT2D eigenvalue weighted by Gasteiger charge is 2.69. The minimum atomic E-state index is -1.07. The van der Waals surface area contributed by atoms with Crippen molar-refractivity contribution in [1.29, 1.82) is 0 Å². The van der Waals surface area contributed by atoms with Gasteiger partial charge in [-0.05, 0) is 62.2 Å². The van der Waals surface area contributed by atoms with Crippen LogP contribution in [0.4, 0.5) is 4.79 Å². The molecule has 0 aromatic heterocycles. The van der Waals surface area contributed by atoms with Crippen molar-refractivity contribution in [2.24, 2.45) is 34.8 Å². The van der Waals surface area contributed by atoms with E-state index in [1.807, 2.05) is 0 Å². The first-order valence-electron chi connectivity index (χ1n) is 14.3. The van der Waals surface area contributed by atoms with Gasteiger partial charge in [0.1, 0.15) is 12.1 Å². The van der Waals surface area contributed by atoms with E-state index in [1.165, 1.54) is 0 Å². The molecule has 4 amide bonds. The fourth-order valence-corrected chi connectivity index (χ4v) is 6.94. The first-order valence-corrected chi connectivity index (χ1v) is 14.3. The van der Waals surface area contributed by atoms with Crippen molar-refractivity contribution in [2.45, 2.75) is 110 Å². The van der Waals surface area contributed by atoms with Crippen molar-refractivity contribution in [2.75, 3.05) is 6.54 Å². The molecule has 1 aliphatic heterocycles. The van der Waals surface area contributed by atoms with Gasteiger partial charge in [-0.3, -0.25) is 19.2 Å². The van der Waals surface area contributed by atoms with Gasteiger partial charge in [-0.1, -0.05) is 52.4 Å². The maximum atomic E-state index is 14.1. The molecule has 5 atom stereocenters. The van der Waals surface area contributed by atoms with Crippen molar-refractivity contribution in [3.05, 3.63) is 0 Å². The Morgan fingerprint density at radius 3 is 2.18 bits per heavy atom. The monoisotopic (exact) mass is 532 g/mol. The Kier molecular flexibility index (Phi) is 8.37. The molecule has 212 valence electrons. The molecule has 0 bridgehead atoms. The number of nitrogens with zero attached hydrogens (tertiary/aromatic N) is 1. The number of piperidine rings is 1. The van der Waals surface area contributed by atoms with Crippen LogP contribution < -0.4 is 16.4 Å². The molecule has 1 saturated heterocycles. The van der Waals surface area contributed by atoms with Crippen LogP contribution in [0.1, 0.15) is 85.5 Å². The van der Waals surface area contributed by atoms with Gasteiger partial charge in [0.25, 0.3) is 5.91 Å². The van der Waals surface area contributed by atoms with E-state index >= 15 is 0 Å². The van der Waals surface area contributed by atoms with Crippen molar-refractivity contribution in [1.82, 2.24) is 15.5 Å². The molecular weight excluding hydrogens is 488 g/mol. The second kappa shape index (κ2) is 11.2. The van der Waals surface area contributed by atoms with Gasteiger partial charge in [-0.15, -0.1) is 0 Å². The largest absolute Gasteiger partial charge is 0.447 e. The van der Waals surface area contributed by atoms with Crippen molar-refractivity contribution >= 4 is 29.6 Å². The Hall–Kier alpha value is -2.65. The second-order valence-electron chi connectivity index (χ2n) is 12.7. The van der Waals surface area contributed by atoms with Gasteiger partial charge in [0.05, 0.1) is 12.1 Å². The molecule has 3 unspecified atom stereocenters. The average Bonchev–Trinajstić information content (AvgIpc) is 3.16. The molecule has 0 aromatic carbocycles. The topological polar surface area (TPSA) is 148 Å². The molecule has 4 rings (SSSR count). The number of Topliss-reactive ketones (excluding diaryl/α,β-unsaturated/α-hetero) is 1. The van der Waals surface area contributed by atoms with Crippen LogP contribution in [0.25, 0.3) is 0 Å². The van der Waals surface area contributed by atoms with E-state index < -0.39 is 41.8 Å². The summed E-state index contributed by atoms with van der Waals surface area (Å²) >= 11 is 0. The number of alkyl carbamates (subject to hydrolysis) is 1. The van der Waals surface area contributed by atoms with Gasteiger partial charge >= 0.3 is 6.09 Å². The third-order valence-electron chi connectivity index (χ3n) is 9.43. The van der Waals surface area contributed by atoms with Crippen molar-refractivity contribution in [3.63, 3.8) is 0 Å². The second-order valence-corrected chi connectivity index (χ2v) is 12.7. The van der Waals surface area contributed by atoms with Crippen molar-refractivity contribution in [3.8, 4) is 0 Å². The quantitative estimate of drug-likeness (QED) is 0.368. The minimum Gasteiger partial charge on any atom is -0.447 e. The highest BCUT2D eigenvalue weighted by molar-refractivity contribution is 6.37. The zero-order chi connectivity index (χ0) is 27.8. The van der Waals surface area contributed by atoms with E-state index in [4.69, 9.17) is 10.5 Å². The number of nitrogens with one attached hydrogen (secondary N) is 2. The summed E-state index contributed by atoms with van der Waals surface area (Å²) in [5.74, 6) is -2.26. The molecule has 0 radical (unpaired) electrons. The lowest BCUT2D eigenvalue weighted by molar-refractivity contribution is -0.144. The first kappa shape index (κ1) is 28.4. The van der Waals surface area contributed by atoms with Crippen LogP contribution in [-0.2, 0) is 23.9 Å². The summed E-state index contributed by atoms with van der Waals surface area (Å²) in [7, 11) is 0. The number of fused-ring (bicyclic) bond motifs is 1. The predicted molar refractivity (Wildman–Crippen MR) is 139 cm³/mol. The van der Waals surface area contributed by atoms with Crippen LogP contribution in [-0.4, -0.2) is 65.3 Å². The van der Waals surface area contributed by atoms with Crippen molar-refractivity contribution < 1.29 is 28.7 Å². The molecule has 4 aliphatic rings. The number of likely N-dealkylation sites (tertiary alicyclic amines) is 1. The lowest BCUT2D eigenvalue weighted by Gasteiger charge is -2.37. The number of ketones is 1. The zero-order valence-electron chi connectivity index (χ0n) is 23.2. The van der Waals surface area contributed by atoms with E-state index in [-0.39, 0.29) is 41.1 Å². The van der Waals surface area contributed by atoms with E-state index in [1.54, 1.807) is 18.7 Å². The summed E-state index contributed by atoms with van der Waals surface area (Å²) in [6.45, 7) is 8.08. The number of carbonyl (C=O) groups is 5. The van der Waals surface area contributed by atoms with Crippen LogP contribution in [0.15, 0.2) is 0 Å². The summed E-state index contributed by atoms with van der Waals surface area (Å²) in [4.78, 5) is 66.3. The number of hydrogen-bond acceptors (Lipinski definition) is 6. The van der Waals surface area contributed by atoms with Crippen LogP contribution in [0, 0.1) is 29.1 Å². The molecule has 3 saturated carbocycles. The van der Waals surface area contributed by atoms with Gasteiger partial charge in [-0.25, -0.2) is 4.79 Å². The SMILES string of the molecule is CC(C)OC(=O)N[C@H](C(=O)N1CC2C([C@H]1C(=O)NC(CC1CCC1)C(=O)C(N)=O)C2(C)C)C1CCCCC1. The van der Waals surface area contributed by atoms with Gasteiger partial charge in [-0.2, -0.15) is 0 Å². The lowest BCUT2D eigenvalue weighted by Crippen LogP contribution is -2.59. The summed E-state index contributed by atoms with van der Waals surface area (Å²) in [5.41, 5.74) is 5.18. The third-order valence-corrected chi connectivity index (χ3v) is 9.43. The molecule has 10 nitrogen and oxygen atoms in total. The average molecular weight is 533 g/mol. The summed E-state index contributed by atoms with van der Waals surface area (Å²) in [6.07, 6.45) is 7.07. The smallest absolute Gasteiger partial charge is 0.408 e. The Morgan fingerprint density at radius 1 is 0.974 bits per heavy atom. The van der Waals surface area contributed by atoms with E-state index in [0.717, 1.165) is 51.4 Å². The molecule has 3 aliphatic carbocycles. The maximum Gasteiger partial charge on any atom is 0.408 e. The zero-order valence-corrected chi connectivity index (χ0v) is 23.2. The molecule has 38 heavy (non-hydrogen) atoms. The van der Waals surface area contributed by atoms with Gasteiger partial charge < -0.3 is 26.0 Å². The summed E-state index contributed by atoms with van der Waals surface area (Å²) < 4.78 is 5.29. The fourth-order valence-electron chi connectivity index (χ4n) is 6.94. The Morgan fingerprint density at radius 2 is 1.63 bits per heavy atom. The predicted octanol–water partition coefficient (Wildman–Crippen LogP) is 2.28. The molecular formula is C28H44N4O6. The Bertz CT molecular complexity index is 955. The van der Waals surface area contributed by atoms with Crippen LogP contribution in [0.2, 0.25) is 0 Å². The third kappa shape index (κ3) is 5.83. The van der Waals surface area contributed by atoms with Gasteiger partial charge in [0.2, 0.25) is 17.6 Å². The summed E-state index contributed by atoms with van der Waals surface area (Å²) in [6, 6.07) is -2.55. The molecule has 0 aromatic rings. The standard InChI is InChI=1S/C28H44N4O6/c1-15(2)38-27(37)31-21(17-11-6-5-7-12-17)26(36)32-14-18-20(28(18,3)4)22(32)25(35)30-19(23(33)24(29)34)13-16-9-8-10-16/h15-22H,5-14H2,1-4H3,(H2,29,34)(H,30,35)(H,31,37)/t18?,19?,20?,21-,22-/m0/s1. The number of primary amides is 1. The number of carbonyl (C=O) groups excluding carboxylic acids is 5. The molecule has 0 spiro atoms. The maximum absolute atomic E-state index is 14.1. The molecule has 4 N–H and O–H groups in total. The van der Waals surface area contributed by atoms with Gasteiger partial charge in [0.15, 0.2) is 0 Å². The lowest BCUT2D eigenvalue weighted by atomic mass is 9.80. The molecule has 1 heterocycles.